The summed E-state index contributed by atoms with van der Waals surface area (Å²) in [6.07, 6.45) is 0.724. The minimum absolute atomic E-state index is 0.0565. The lowest BCUT2D eigenvalue weighted by Crippen LogP contribution is -2.46. The molecule has 1 aromatic carbocycles. The highest BCUT2D eigenvalue weighted by Crippen LogP contribution is 2.12. The predicted octanol–water partition coefficient (Wildman–Crippen LogP) is 0.0515. The summed E-state index contributed by atoms with van der Waals surface area (Å²) >= 11 is 0. The summed E-state index contributed by atoms with van der Waals surface area (Å²) in [7, 11) is 3.84. The van der Waals surface area contributed by atoms with Gasteiger partial charge in [-0.05, 0) is 33.1 Å². The van der Waals surface area contributed by atoms with Crippen LogP contribution < -0.4 is 20.1 Å². The standard InChI is InChI=1S/C15H18N6O3/c1-19(2)9-5-8-17-15(22)18-14-13(10-16)20(23)11-6-3-4-7-12(11)21(14)24/h3-4,6-7H,5,8-9H2,1-2H3,(H2,17,18,22). The Morgan fingerprint density at radius 1 is 1.25 bits per heavy atom. The number of carbonyl (C=O) groups excluding carboxylic acids is 1. The van der Waals surface area contributed by atoms with Gasteiger partial charge in [0, 0.05) is 12.6 Å². The molecule has 0 atom stereocenters. The van der Waals surface area contributed by atoms with E-state index in [4.69, 9.17) is 0 Å². The first-order valence-corrected chi connectivity index (χ1v) is 7.33. The summed E-state index contributed by atoms with van der Waals surface area (Å²) in [6, 6.07) is 7.07. The van der Waals surface area contributed by atoms with E-state index in [2.05, 4.69) is 10.6 Å². The van der Waals surface area contributed by atoms with E-state index in [0.29, 0.717) is 16.0 Å². The van der Waals surface area contributed by atoms with Crippen LogP contribution in [0.25, 0.3) is 11.0 Å². The summed E-state index contributed by atoms with van der Waals surface area (Å²) in [6.45, 7) is 1.19. The lowest BCUT2D eigenvalue weighted by Gasteiger charge is -2.13. The zero-order valence-corrected chi connectivity index (χ0v) is 13.4. The van der Waals surface area contributed by atoms with Crippen molar-refractivity contribution in [3.8, 4) is 6.07 Å². The molecule has 9 nitrogen and oxygen atoms in total. The molecule has 0 radical (unpaired) electrons. The summed E-state index contributed by atoms with van der Waals surface area (Å²) in [5.74, 6) is -0.392. The molecule has 0 unspecified atom stereocenters. The van der Waals surface area contributed by atoms with Crippen molar-refractivity contribution in [2.24, 2.45) is 0 Å². The number of amides is 2. The van der Waals surface area contributed by atoms with Gasteiger partial charge in [0.2, 0.25) is 5.52 Å². The molecule has 1 aromatic heterocycles. The Bertz CT molecular complexity index is 800. The first-order chi connectivity index (χ1) is 11.5. The van der Waals surface area contributed by atoms with Gasteiger partial charge in [-0.1, -0.05) is 12.1 Å². The van der Waals surface area contributed by atoms with Gasteiger partial charge >= 0.3 is 17.5 Å². The van der Waals surface area contributed by atoms with Crippen molar-refractivity contribution in [2.75, 3.05) is 32.5 Å². The van der Waals surface area contributed by atoms with Gasteiger partial charge in [-0.2, -0.15) is 10.6 Å². The fraction of sp³-hybridized carbons (Fsp3) is 0.333. The largest absolute Gasteiger partial charge is 0.710 e. The molecule has 126 valence electrons. The van der Waals surface area contributed by atoms with Crippen LogP contribution in [0.3, 0.4) is 0 Å². The molecule has 1 heterocycles. The number of aromatic nitrogens is 2. The topological polar surface area (TPSA) is 122 Å². The second kappa shape index (κ2) is 7.43. The molecule has 0 saturated heterocycles. The Morgan fingerprint density at radius 2 is 1.88 bits per heavy atom. The Kier molecular flexibility index (Phi) is 5.34. The van der Waals surface area contributed by atoms with Crippen molar-refractivity contribution < 1.29 is 14.3 Å². The highest BCUT2D eigenvalue weighted by atomic mass is 16.5. The third kappa shape index (κ3) is 3.61. The maximum atomic E-state index is 12.4. The lowest BCUT2D eigenvalue weighted by molar-refractivity contribution is -0.620. The van der Waals surface area contributed by atoms with E-state index in [-0.39, 0.29) is 11.0 Å². The number of benzene rings is 1. The van der Waals surface area contributed by atoms with Crippen LogP contribution in [-0.2, 0) is 0 Å². The van der Waals surface area contributed by atoms with Crippen LogP contribution in [0.5, 0.6) is 0 Å². The number of fused-ring (bicyclic) bond motifs is 1. The molecule has 0 fully saturated rings. The molecule has 0 spiro atoms. The zero-order chi connectivity index (χ0) is 17.7. The maximum absolute atomic E-state index is 12.4. The van der Waals surface area contributed by atoms with Crippen molar-refractivity contribution in [3.63, 3.8) is 0 Å². The molecule has 0 saturated carbocycles. The average molecular weight is 330 g/mol. The molecule has 2 aromatic rings. The summed E-state index contributed by atoms with van der Waals surface area (Å²) < 4.78 is 0.715. The van der Waals surface area contributed by atoms with Crippen molar-refractivity contribution in [1.82, 2.24) is 10.2 Å². The zero-order valence-electron chi connectivity index (χ0n) is 13.4. The maximum Gasteiger partial charge on any atom is 0.406 e. The van der Waals surface area contributed by atoms with E-state index in [0.717, 1.165) is 13.0 Å². The van der Waals surface area contributed by atoms with Crippen LogP contribution in [0.4, 0.5) is 10.6 Å². The highest BCUT2D eigenvalue weighted by molar-refractivity contribution is 5.88. The quantitative estimate of drug-likeness (QED) is 0.456. The van der Waals surface area contributed by atoms with Gasteiger partial charge < -0.3 is 20.6 Å². The normalized spacial score (nSPS) is 10.6. The fourth-order valence-electron chi connectivity index (χ4n) is 2.20. The van der Waals surface area contributed by atoms with Crippen molar-refractivity contribution >= 4 is 22.9 Å². The summed E-state index contributed by atoms with van der Waals surface area (Å²) in [4.78, 5) is 13.9. The molecule has 0 aliphatic carbocycles. The van der Waals surface area contributed by atoms with Gasteiger partial charge in [0.15, 0.2) is 6.07 Å². The van der Waals surface area contributed by atoms with Crippen LogP contribution in [0, 0.1) is 21.7 Å². The van der Waals surface area contributed by atoms with Crippen molar-refractivity contribution in [3.05, 3.63) is 40.4 Å². The number of nitrogens with one attached hydrogen (secondary N) is 2. The number of anilines is 1. The number of hydrogen-bond donors (Lipinski definition) is 2. The molecule has 2 rings (SSSR count). The van der Waals surface area contributed by atoms with Gasteiger partial charge in [0.1, 0.15) is 0 Å². The molecule has 0 aliphatic heterocycles. The fourth-order valence-corrected chi connectivity index (χ4v) is 2.20. The lowest BCUT2D eigenvalue weighted by atomic mass is 10.3. The molecular weight excluding hydrogens is 312 g/mol. The number of hydrogen-bond acceptors (Lipinski definition) is 5. The third-order valence-electron chi connectivity index (χ3n) is 3.36. The Balaban J connectivity index is 2.24. The van der Waals surface area contributed by atoms with Gasteiger partial charge in [-0.3, -0.25) is 0 Å². The molecule has 0 aliphatic rings. The Labute approximate surface area is 138 Å². The van der Waals surface area contributed by atoms with Crippen molar-refractivity contribution in [1.29, 1.82) is 5.26 Å². The van der Waals surface area contributed by atoms with Crippen LogP contribution in [0.15, 0.2) is 24.3 Å². The molecule has 9 heteroatoms. The molecule has 2 amide bonds. The van der Waals surface area contributed by atoms with Crippen LogP contribution in [0.1, 0.15) is 12.1 Å². The minimum atomic E-state index is -0.648. The molecular formula is C15H18N6O3. The highest BCUT2D eigenvalue weighted by Gasteiger charge is 2.28. The average Bonchev–Trinajstić information content (AvgIpc) is 2.56. The number of nitriles is 1. The monoisotopic (exact) mass is 330 g/mol. The molecule has 0 bridgehead atoms. The number of nitrogens with zero attached hydrogens (tertiary/aromatic N) is 4. The van der Waals surface area contributed by atoms with Gasteiger partial charge in [0.05, 0.1) is 0 Å². The van der Waals surface area contributed by atoms with E-state index < -0.39 is 17.5 Å². The second-order valence-corrected chi connectivity index (χ2v) is 5.42. The number of carbonyl (C=O) groups is 1. The summed E-state index contributed by atoms with van der Waals surface area (Å²) in [5, 5.41) is 38.6. The number of para-hydroxylation sites is 2. The van der Waals surface area contributed by atoms with Gasteiger partial charge in [-0.15, -0.1) is 4.73 Å². The first kappa shape index (κ1) is 17.2. The molecule has 24 heavy (non-hydrogen) atoms. The van der Waals surface area contributed by atoms with E-state index >= 15 is 0 Å². The third-order valence-corrected chi connectivity index (χ3v) is 3.36. The Morgan fingerprint density at radius 3 is 2.46 bits per heavy atom. The van der Waals surface area contributed by atoms with E-state index in [1.54, 1.807) is 18.2 Å². The second-order valence-electron chi connectivity index (χ2n) is 5.42. The van der Waals surface area contributed by atoms with Crippen molar-refractivity contribution in [2.45, 2.75) is 6.42 Å². The van der Waals surface area contributed by atoms with Crippen LogP contribution >= 0.6 is 0 Å². The summed E-state index contributed by atoms with van der Waals surface area (Å²) in [5.41, 5.74) is -0.345. The van der Waals surface area contributed by atoms with Crippen LogP contribution in [-0.4, -0.2) is 38.1 Å². The minimum Gasteiger partial charge on any atom is -0.710 e. The number of rotatable bonds is 5. The first-order valence-electron chi connectivity index (χ1n) is 7.33. The van der Waals surface area contributed by atoms with E-state index in [9.17, 15) is 20.5 Å². The van der Waals surface area contributed by atoms with Gasteiger partial charge in [-0.25, -0.2) is 9.52 Å². The SMILES string of the molecule is CN(C)CCCNC(=O)Nc1c(C#N)[n+]([O-])c2ccccc2[n+]1[O-]. The van der Waals surface area contributed by atoms with Gasteiger partial charge in [0.25, 0.3) is 5.52 Å². The van der Waals surface area contributed by atoms with E-state index in [1.807, 2.05) is 19.0 Å². The smallest absolute Gasteiger partial charge is 0.406 e. The van der Waals surface area contributed by atoms with Crippen LogP contribution in [0.2, 0.25) is 0 Å². The Hall–Kier alpha value is -3.12. The number of urea groups is 1. The predicted molar refractivity (Wildman–Crippen MR) is 86.8 cm³/mol. The van der Waals surface area contributed by atoms with E-state index in [1.165, 1.54) is 12.1 Å². The molecule has 2 N–H and O–H groups in total.